The van der Waals surface area contributed by atoms with Gasteiger partial charge >= 0.3 is 12.1 Å². The molecule has 0 fully saturated rings. The number of aromatic nitrogens is 1. The largest absolute Gasteiger partial charge is 1.00 e. The molecule has 6 nitrogen and oxygen atoms in total. The van der Waals surface area contributed by atoms with E-state index in [1.165, 1.54) is 4.90 Å². The van der Waals surface area contributed by atoms with Crippen molar-refractivity contribution in [3.05, 3.63) is 60.4 Å². The van der Waals surface area contributed by atoms with Gasteiger partial charge in [0.2, 0.25) is 6.20 Å². The summed E-state index contributed by atoms with van der Waals surface area (Å²) < 4.78 is 12.0. The molecule has 1 amide bonds. The Morgan fingerprint density at radius 3 is 2.46 bits per heavy atom. The number of carbonyl (C=O) groups is 2. The molecule has 1 aromatic heterocycles. The molecule has 0 aliphatic carbocycles. The molecule has 0 unspecified atom stereocenters. The van der Waals surface area contributed by atoms with E-state index in [2.05, 4.69) is 0 Å². The first-order valence-corrected chi connectivity index (χ1v) is 7.12. The number of rotatable bonds is 5. The highest BCUT2D eigenvalue weighted by molar-refractivity contribution is 5.72. The second kappa shape index (κ2) is 9.52. The van der Waals surface area contributed by atoms with E-state index in [0.717, 1.165) is 5.56 Å². The third kappa shape index (κ3) is 6.26. The molecule has 0 aliphatic rings. The van der Waals surface area contributed by atoms with Crippen molar-refractivity contribution in [1.82, 2.24) is 4.90 Å². The van der Waals surface area contributed by atoms with E-state index >= 15 is 0 Å². The summed E-state index contributed by atoms with van der Waals surface area (Å²) in [6.45, 7) is 0.0546. The van der Waals surface area contributed by atoms with Crippen molar-refractivity contribution in [2.24, 2.45) is 0 Å². The molecule has 0 N–H and O–H groups in total. The average Bonchev–Trinajstić information content (AvgIpc) is 2.54. The first kappa shape index (κ1) is 19.4. The highest BCUT2D eigenvalue weighted by atomic mass is 35.5. The quantitative estimate of drug-likeness (QED) is 0.501. The third-order valence-corrected chi connectivity index (χ3v) is 2.97. The monoisotopic (exact) mass is 350 g/mol. The van der Waals surface area contributed by atoms with E-state index in [0.29, 0.717) is 5.75 Å². The lowest BCUT2D eigenvalue weighted by molar-refractivity contribution is -0.727. The van der Waals surface area contributed by atoms with Crippen LogP contribution < -0.4 is 21.7 Å². The number of esters is 1. The minimum atomic E-state index is -0.469. The molecule has 0 atom stereocenters. The van der Waals surface area contributed by atoms with Crippen molar-refractivity contribution < 1.29 is 36.0 Å². The van der Waals surface area contributed by atoms with Crippen molar-refractivity contribution in [3.8, 4) is 5.75 Å². The Balaban J connectivity index is 0.00000288. The number of hydrogen-bond acceptors (Lipinski definition) is 4. The van der Waals surface area contributed by atoms with Gasteiger partial charge < -0.3 is 26.8 Å². The average molecular weight is 351 g/mol. The molecule has 1 heterocycles. The zero-order valence-corrected chi connectivity index (χ0v) is 14.3. The Kier molecular flexibility index (Phi) is 7.71. The molecular weight excluding hydrogens is 332 g/mol. The van der Waals surface area contributed by atoms with Crippen LogP contribution in [0.3, 0.4) is 0 Å². The summed E-state index contributed by atoms with van der Waals surface area (Å²) in [5.41, 5.74) is 0.899. The SMILES string of the molecule is CN(C)C(=O)Oc1ccc[n+](COC(=O)Cc2ccccc2)c1.[Cl-]. The number of carbonyl (C=O) groups excluding carboxylic acids is 2. The first-order valence-electron chi connectivity index (χ1n) is 7.12. The molecule has 128 valence electrons. The van der Waals surface area contributed by atoms with E-state index in [-0.39, 0.29) is 31.5 Å². The van der Waals surface area contributed by atoms with Crippen LogP contribution in [0.2, 0.25) is 0 Å². The van der Waals surface area contributed by atoms with Gasteiger partial charge in [-0.05, 0) is 11.6 Å². The fraction of sp³-hybridized carbons (Fsp3) is 0.235. The molecule has 7 heteroatoms. The van der Waals surface area contributed by atoms with Gasteiger partial charge in [-0.3, -0.25) is 4.79 Å². The van der Waals surface area contributed by atoms with Crippen LogP contribution in [0.4, 0.5) is 4.79 Å². The van der Waals surface area contributed by atoms with E-state index in [4.69, 9.17) is 9.47 Å². The Morgan fingerprint density at radius 1 is 1.08 bits per heavy atom. The summed E-state index contributed by atoms with van der Waals surface area (Å²) >= 11 is 0. The highest BCUT2D eigenvalue weighted by Crippen LogP contribution is 2.07. The van der Waals surface area contributed by atoms with Crippen LogP contribution in [0.5, 0.6) is 5.75 Å². The summed E-state index contributed by atoms with van der Waals surface area (Å²) in [5.74, 6) is 0.0599. The molecule has 0 bridgehead atoms. The fourth-order valence-electron chi connectivity index (χ4n) is 1.79. The van der Waals surface area contributed by atoms with Gasteiger partial charge in [-0.15, -0.1) is 0 Å². The van der Waals surface area contributed by atoms with Crippen LogP contribution in [-0.2, 0) is 22.7 Å². The van der Waals surface area contributed by atoms with E-state index in [9.17, 15) is 9.59 Å². The van der Waals surface area contributed by atoms with Crippen LogP contribution in [-0.4, -0.2) is 31.1 Å². The third-order valence-electron chi connectivity index (χ3n) is 2.97. The molecule has 2 aromatic rings. The van der Waals surface area contributed by atoms with Gasteiger partial charge in [0.25, 0.3) is 6.73 Å². The van der Waals surface area contributed by atoms with Gasteiger partial charge in [-0.2, -0.15) is 4.57 Å². The number of ether oxygens (including phenoxy) is 2. The Labute approximate surface area is 147 Å². The maximum Gasteiger partial charge on any atom is 0.414 e. The molecule has 1 aromatic carbocycles. The molecule has 0 radical (unpaired) electrons. The molecule has 0 spiro atoms. The van der Waals surface area contributed by atoms with Crippen molar-refractivity contribution in [1.29, 1.82) is 0 Å². The first-order chi connectivity index (χ1) is 11.0. The zero-order chi connectivity index (χ0) is 16.7. The van der Waals surface area contributed by atoms with Crippen molar-refractivity contribution in [2.75, 3.05) is 14.1 Å². The molecular formula is C17H19ClN2O4. The molecule has 2 rings (SSSR count). The number of halogens is 1. The smallest absolute Gasteiger partial charge is 0.414 e. The van der Waals surface area contributed by atoms with Crippen molar-refractivity contribution in [3.63, 3.8) is 0 Å². The number of hydrogen-bond donors (Lipinski definition) is 0. The van der Waals surface area contributed by atoms with Crippen LogP contribution in [0.25, 0.3) is 0 Å². The van der Waals surface area contributed by atoms with E-state index in [1.54, 1.807) is 43.2 Å². The number of amides is 1. The van der Waals surface area contributed by atoms with Crippen LogP contribution in [0.15, 0.2) is 54.9 Å². The van der Waals surface area contributed by atoms with Gasteiger partial charge in [0.05, 0.1) is 6.42 Å². The van der Waals surface area contributed by atoms with Crippen LogP contribution in [0, 0.1) is 0 Å². The normalized spacial score (nSPS) is 9.58. The minimum Gasteiger partial charge on any atom is -1.00 e. The lowest BCUT2D eigenvalue weighted by Crippen LogP contribution is -3.00. The minimum absolute atomic E-state index is 0. The van der Waals surface area contributed by atoms with Gasteiger partial charge in [-0.1, -0.05) is 30.3 Å². The lowest BCUT2D eigenvalue weighted by Gasteiger charge is -2.09. The van der Waals surface area contributed by atoms with Gasteiger partial charge in [0, 0.05) is 20.2 Å². The maximum atomic E-state index is 11.8. The molecule has 0 saturated carbocycles. The van der Waals surface area contributed by atoms with Crippen LogP contribution in [0.1, 0.15) is 5.56 Å². The number of nitrogens with zero attached hydrogens (tertiary/aromatic N) is 2. The second-order valence-corrected chi connectivity index (χ2v) is 5.12. The maximum absolute atomic E-state index is 11.8. The molecule has 0 aliphatic heterocycles. The number of pyridine rings is 1. The van der Waals surface area contributed by atoms with E-state index in [1.807, 2.05) is 30.3 Å². The van der Waals surface area contributed by atoms with Gasteiger partial charge in [0.15, 0.2) is 11.9 Å². The Bertz CT molecular complexity index is 677. The van der Waals surface area contributed by atoms with Crippen molar-refractivity contribution >= 4 is 12.1 Å². The standard InChI is InChI=1S/C17H19N2O4.ClH/c1-18(2)17(21)23-15-9-6-10-19(12-15)13-22-16(20)11-14-7-4-3-5-8-14;/h3-10,12H,11,13H2,1-2H3;1H/q+1;/p-1. The number of benzene rings is 1. The van der Waals surface area contributed by atoms with Crippen LogP contribution >= 0.6 is 0 Å². The summed E-state index contributed by atoms with van der Waals surface area (Å²) in [6, 6.07) is 12.8. The van der Waals surface area contributed by atoms with Gasteiger partial charge in [-0.25, -0.2) is 4.79 Å². The van der Waals surface area contributed by atoms with Gasteiger partial charge in [0.1, 0.15) is 0 Å². The summed E-state index contributed by atoms with van der Waals surface area (Å²) in [5, 5.41) is 0. The topological polar surface area (TPSA) is 59.7 Å². The lowest BCUT2D eigenvalue weighted by atomic mass is 10.2. The molecule has 0 saturated heterocycles. The van der Waals surface area contributed by atoms with E-state index < -0.39 is 6.09 Å². The predicted molar refractivity (Wildman–Crippen MR) is 82.6 cm³/mol. The summed E-state index contributed by atoms with van der Waals surface area (Å²) in [7, 11) is 3.20. The van der Waals surface area contributed by atoms with Crippen molar-refractivity contribution in [2.45, 2.75) is 13.2 Å². The summed E-state index contributed by atoms with van der Waals surface area (Å²) in [6.07, 6.45) is 3.07. The Morgan fingerprint density at radius 2 is 1.79 bits per heavy atom. The fourth-order valence-corrected chi connectivity index (χ4v) is 1.79. The predicted octanol–water partition coefficient (Wildman–Crippen LogP) is -1.22. The highest BCUT2D eigenvalue weighted by Gasteiger charge is 2.12. The zero-order valence-electron chi connectivity index (χ0n) is 13.5. The summed E-state index contributed by atoms with van der Waals surface area (Å²) in [4.78, 5) is 24.6. The second-order valence-electron chi connectivity index (χ2n) is 5.12. The molecule has 24 heavy (non-hydrogen) atoms. The Hall–Kier alpha value is -2.60.